The van der Waals surface area contributed by atoms with Gasteiger partial charge in [0.1, 0.15) is 5.78 Å². The molecule has 0 bridgehead atoms. The highest BCUT2D eigenvalue weighted by atomic mass is 16.1. The number of ketones is 1. The lowest BCUT2D eigenvalue weighted by atomic mass is 10.0. The molecule has 0 saturated heterocycles. The number of aromatic amines is 1. The molecular formula is C7H10N2O. The highest BCUT2D eigenvalue weighted by Gasteiger charge is 2.10. The second kappa shape index (κ2) is 2.64. The van der Waals surface area contributed by atoms with Crippen LogP contribution < -0.4 is 0 Å². The number of aromatic nitrogens is 2. The summed E-state index contributed by atoms with van der Waals surface area (Å²) in [7, 11) is 0. The molecule has 0 aliphatic carbocycles. The maximum Gasteiger partial charge on any atom is 0.138 e. The summed E-state index contributed by atoms with van der Waals surface area (Å²) in [6.45, 7) is 3.43. The number of Topliss-reactive ketones (excluding diaryl/α,β-unsaturated/α-hetero) is 1. The Kier molecular flexibility index (Phi) is 1.85. The monoisotopic (exact) mass is 138 g/mol. The van der Waals surface area contributed by atoms with Crippen LogP contribution in [-0.2, 0) is 4.79 Å². The van der Waals surface area contributed by atoms with Crippen molar-refractivity contribution in [2.24, 2.45) is 0 Å². The standard InChI is InChI=1S/C7H10N2O/c1-5(6(2)10)7-3-4-8-9-7/h3-5H,1-2H3,(H,8,9). The average Bonchev–Trinajstić information content (AvgIpc) is 2.36. The van der Waals surface area contributed by atoms with Crippen molar-refractivity contribution in [3.63, 3.8) is 0 Å². The van der Waals surface area contributed by atoms with Crippen molar-refractivity contribution in [2.75, 3.05) is 0 Å². The van der Waals surface area contributed by atoms with Gasteiger partial charge in [0.25, 0.3) is 0 Å². The Labute approximate surface area is 59.4 Å². The van der Waals surface area contributed by atoms with E-state index in [-0.39, 0.29) is 11.7 Å². The maximum absolute atomic E-state index is 10.8. The van der Waals surface area contributed by atoms with Gasteiger partial charge in [0.2, 0.25) is 0 Å². The summed E-state index contributed by atoms with van der Waals surface area (Å²) in [6.07, 6.45) is 1.65. The number of hydrogen-bond acceptors (Lipinski definition) is 2. The average molecular weight is 138 g/mol. The van der Waals surface area contributed by atoms with Crippen LogP contribution in [0.1, 0.15) is 25.5 Å². The van der Waals surface area contributed by atoms with Crippen molar-refractivity contribution in [2.45, 2.75) is 19.8 Å². The number of rotatable bonds is 2. The highest BCUT2D eigenvalue weighted by Crippen LogP contribution is 2.11. The van der Waals surface area contributed by atoms with E-state index in [1.54, 1.807) is 13.1 Å². The summed E-state index contributed by atoms with van der Waals surface area (Å²) in [5.41, 5.74) is 0.882. The molecule has 0 aliphatic rings. The molecule has 1 heterocycles. The number of H-pyrrole nitrogens is 1. The van der Waals surface area contributed by atoms with Crippen molar-refractivity contribution in [1.29, 1.82) is 0 Å². The SMILES string of the molecule is CC(=O)C(C)c1ccn[nH]1. The quantitative estimate of drug-likeness (QED) is 0.665. The van der Waals surface area contributed by atoms with Crippen LogP contribution >= 0.6 is 0 Å². The zero-order chi connectivity index (χ0) is 7.56. The van der Waals surface area contributed by atoms with E-state index in [0.29, 0.717) is 0 Å². The van der Waals surface area contributed by atoms with Crippen LogP contribution in [0, 0.1) is 0 Å². The van der Waals surface area contributed by atoms with Crippen LogP contribution in [0.3, 0.4) is 0 Å². The zero-order valence-electron chi connectivity index (χ0n) is 6.09. The Hall–Kier alpha value is -1.12. The lowest BCUT2D eigenvalue weighted by molar-refractivity contribution is -0.118. The van der Waals surface area contributed by atoms with Gasteiger partial charge in [0.15, 0.2) is 0 Å². The third kappa shape index (κ3) is 1.23. The summed E-state index contributed by atoms with van der Waals surface area (Å²) in [5, 5.41) is 6.50. The first-order valence-electron chi connectivity index (χ1n) is 3.21. The van der Waals surface area contributed by atoms with E-state index in [2.05, 4.69) is 10.2 Å². The van der Waals surface area contributed by atoms with E-state index in [0.717, 1.165) is 5.69 Å². The number of hydrogen-bond donors (Lipinski definition) is 1. The first-order chi connectivity index (χ1) is 4.72. The molecule has 1 rings (SSSR count). The van der Waals surface area contributed by atoms with Crippen LogP contribution in [0.25, 0.3) is 0 Å². The smallest absolute Gasteiger partial charge is 0.138 e. The van der Waals surface area contributed by atoms with Gasteiger partial charge in [0.05, 0.1) is 5.92 Å². The largest absolute Gasteiger partial charge is 0.299 e. The number of carbonyl (C=O) groups excluding carboxylic acids is 1. The molecule has 0 spiro atoms. The minimum atomic E-state index is -0.0532. The first-order valence-corrected chi connectivity index (χ1v) is 3.21. The van der Waals surface area contributed by atoms with E-state index in [9.17, 15) is 4.79 Å². The van der Waals surface area contributed by atoms with Gasteiger partial charge in [-0.25, -0.2) is 0 Å². The summed E-state index contributed by atoms with van der Waals surface area (Å²) >= 11 is 0. The predicted octanol–water partition coefficient (Wildman–Crippen LogP) is 1.10. The Morgan fingerprint density at radius 1 is 1.80 bits per heavy atom. The molecule has 0 amide bonds. The van der Waals surface area contributed by atoms with Gasteiger partial charge in [-0.3, -0.25) is 9.89 Å². The van der Waals surface area contributed by atoms with Gasteiger partial charge in [-0.05, 0) is 19.9 Å². The third-order valence-corrected chi connectivity index (χ3v) is 1.60. The van der Waals surface area contributed by atoms with E-state index in [1.807, 2.05) is 13.0 Å². The third-order valence-electron chi connectivity index (χ3n) is 1.60. The van der Waals surface area contributed by atoms with Gasteiger partial charge < -0.3 is 0 Å². The van der Waals surface area contributed by atoms with Crippen molar-refractivity contribution in [3.05, 3.63) is 18.0 Å². The topological polar surface area (TPSA) is 45.8 Å². The Balaban J connectivity index is 2.77. The molecule has 0 radical (unpaired) electrons. The molecule has 10 heavy (non-hydrogen) atoms. The Bertz CT molecular complexity index is 216. The molecule has 3 nitrogen and oxygen atoms in total. The molecule has 3 heteroatoms. The summed E-state index contributed by atoms with van der Waals surface area (Å²) in [4.78, 5) is 10.8. The molecule has 1 N–H and O–H groups in total. The van der Waals surface area contributed by atoms with Crippen LogP contribution in [0.15, 0.2) is 12.3 Å². The zero-order valence-corrected chi connectivity index (χ0v) is 6.09. The molecule has 1 atom stereocenters. The number of nitrogens with one attached hydrogen (secondary N) is 1. The predicted molar refractivity (Wildman–Crippen MR) is 37.7 cm³/mol. The lowest BCUT2D eigenvalue weighted by Gasteiger charge is -2.01. The number of nitrogens with zero attached hydrogens (tertiary/aromatic N) is 1. The minimum Gasteiger partial charge on any atom is -0.299 e. The summed E-state index contributed by atoms with van der Waals surface area (Å²) in [6, 6.07) is 1.81. The fourth-order valence-electron chi connectivity index (χ4n) is 0.727. The molecule has 0 aromatic carbocycles. The first kappa shape index (κ1) is 6.99. The van der Waals surface area contributed by atoms with Crippen LogP contribution in [0.2, 0.25) is 0 Å². The fourth-order valence-corrected chi connectivity index (χ4v) is 0.727. The van der Waals surface area contributed by atoms with Crippen LogP contribution in [0.4, 0.5) is 0 Å². The normalized spacial score (nSPS) is 13.0. The minimum absolute atomic E-state index is 0.0532. The van der Waals surface area contributed by atoms with E-state index < -0.39 is 0 Å². The number of carbonyl (C=O) groups is 1. The van der Waals surface area contributed by atoms with Gasteiger partial charge in [-0.2, -0.15) is 5.10 Å². The fraction of sp³-hybridized carbons (Fsp3) is 0.429. The van der Waals surface area contributed by atoms with E-state index >= 15 is 0 Å². The second-order valence-corrected chi connectivity index (χ2v) is 2.34. The molecule has 1 aromatic rings. The lowest BCUT2D eigenvalue weighted by Crippen LogP contribution is -2.04. The molecule has 0 aliphatic heterocycles. The maximum atomic E-state index is 10.8. The Morgan fingerprint density at radius 3 is 2.90 bits per heavy atom. The van der Waals surface area contributed by atoms with E-state index in [1.165, 1.54) is 0 Å². The van der Waals surface area contributed by atoms with Crippen molar-refractivity contribution in [3.8, 4) is 0 Å². The summed E-state index contributed by atoms with van der Waals surface area (Å²) in [5.74, 6) is 0.103. The highest BCUT2D eigenvalue weighted by molar-refractivity contribution is 5.82. The van der Waals surface area contributed by atoms with Gasteiger partial charge in [0, 0.05) is 11.9 Å². The van der Waals surface area contributed by atoms with Crippen molar-refractivity contribution in [1.82, 2.24) is 10.2 Å². The second-order valence-electron chi connectivity index (χ2n) is 2.34. The van der Waals surface area contributed by atoms with Crippen molar-refractivity contribution < 1.29 is 4.79 Å². The van der Waals surface area contributed by atoms with Crippen molar-refractivity contribution >= 4 is 5.78 Å². The Morgan fingerprint density at radius 2 is 2.50 bits per heavy atom. The summed E-state index contributed by atoms with van der Waals surface area (Å²) < 4.78 is 0. The van der Waals surface area contributed by atoms with Gasteiger partial charge >= 0.3 is 0 Å². The molecule has 0 fully saturated rings. The van der Waals surface area contributed by atoms with Gasteiger partial charge in [-0.15, -0.1) is 0 Å². The molecule has 1 aromatic heterocycles. The molecule has 0 saturated carbocycles. The van der Waals surface area contributed by atoms with E-state index in [4.69, 9.17) is 0 Å². The molecular weight excluding hydrogens is 128 g/mol. The van der Waals surface area contributed by atoms with Crippen LogP contribution in [0.5, 0.6) is 0 Å². The van der Waals surface area contributed by atoms with Gasteiger partial charge in [-0.1, -0.05) is 0 Å². The molecule has 1 unspecified atom stereocenters. The molecule has 54 valence electrons. The van der Waals surface area contributed by atoms with Crippen LogP contribution in [-0.4, -0.2) is 16.0 Å².